The number of aromatic nitrogens is 1. The standard InChI is InChI=1S/C8H6N2O2/c1-6(11)12-8-4-2-3-7(5-9)10-8/h2-4H,1H3. The van der Waals surface area contributed by atoms with Crippen molar-refractivity contribution in [3.05, 3.63) is 23.9 Å². The van der Waals surface area contributed by atoms with E-state index in [0.717, 1.165) is 0 Å². The lowest BCUT2D eigenvalue weighted by Gasteiger charge is -1.97. The summed E-state index contributed by atoms with van der Waals surface area (Å²) in [6.45, 7) is 1.28. The molecule has 0 saturated heterocycles. The molecule has 0 aliphatic carbocycles. The molecule has 4 heteroatoms. The number of nitriles is 1. The minimum Gasteiger partial charge on any atom is -0.408 e. The molecule has 0 spiro atoms. The normalized spacial score (nSPS) is 8.67. The lowest BCUT2D eigenvalue weighted by molar-refractivity contribution is -0.132. The number of hydrogen-bond acceptors (Lipinski definition) is 4. The molecule has 0 N–H and O–H groups in total. The van der Waals surface area contributed by atoms with Crippen LogP contribution in [0.25, 0.3) is 0 Å². The van der Waals surface area contributed by atoms with Crippen LogP contribution in [0, 0.1) is 11.3 Å². The van der Waals surface area contributed by atoms with E-state index in [0.29, 0.717) is 0 Å². The first-order chi connectivity index (χ1) is 5.72. The second-order valence-electron chi connectivity index (χ2n) is 2.07. The molecule has 0 amide bonds. The summed E-state index contributed by atoms with van der Waals surface area (Å²) < 4.78 is 4.66. The number of rotatable bonds is 1. The van der Waals surface area contributed by atoms with Gasteiger partial charge < -0.3 is 4.74 Å². The van der Waals surface area contributed by atoms with Gasteiger partial charge in [0.15, 0.2) is 0 Å². The Balaban J connectivity index is 2.88. The number of carbonyl (C=O) groups is 1. The van der Waals surface area contributed by atoms with Crippen molar-refractivity contribution in [3.63, 3.8) is 0 Å². The highest BCUT2D eigenvalue weighted by molar-refractivity contribution is 5.68. The quantitative estimate of drug-likeness (QED) is 0.575. The Morgan fingerprint density at radius 2 is 2.42 bits per heavy atom. The molecule has 1 aromatic heterocycles. The molecule has 0 bridgehead atoms. The molecular weight excluding hydrogens is 156 g/mol. The van der Waals surface area contributed by atoms with Crippen LogP contribution >= 0.6 is 0 Å². The second-order valence-corrected chi connectivity index (χ2v) is 2.07. The Bertz CT molecular complexity index is 341. The van der Waals surface area contributed by atoms with Crippen molar-refractivity contribution in [1.29, 1.82) is 5.26 Å². The van der Waals surface area contributed by atoms with Gasteiger partial charge in [0, 0.05) is 13.0 Å². The molecule has 0 radical (unpaired) electrons. The van der Waals surface area contributed by atoms with Gasteiger partial charge in [0.25, 0.3) is 0 Å². The maximum absolute atomic E-state index is 10.5. The third-order valence-corrected chi connectivity index (χ3v) is 1.09. The van der Waals surface area contributed by atoms with Crippen LogP contribution in [-0.4, -0.2) is 11.0 Å². The van der Waals surface area contributed by atoms with Crippen LogP contribution in [0.4, 0.5) is 0 Å². The first kappa shape index (κ1) is 8.21. The molecule has 0 unspecified atom stereocenters. The number of hydrogen-bond donors (Lipinski definition) is 0. The van der Waals surface area contributed by atoms with Crippen LogP contribution in [0.15, 0.2) is 18.2 Å². The average Bonchev–Trinajstić information content (AvgIpc) is 2.03. The van der Waals surface area contributed by atoms with E-state index in [1.54, 1.807) is 6.07 Å². The number of ether oxygens (including phenoxy) is 1. The minimum absolute atomic E-state index is 0.154. The van der Waals surface area contributed by atoms with Gasteiger partial charge in [-0.15, -0.1) is 0 Å². The second kappa shape index (κ2) is 3.49. The fourth-order valence-electron chi connectivity index (χ4n) is 0.681. The predicted octanol–water partition coefficient (Wildman–Crippen LogP) is 0.879. The van der Waals surface area contributed by atoms with Crippen molar-refractivity contribution in [2.24, 2.45) is 0 Å². The highest BCUT2D eigenvalue weighted by Gasteiger charge is 1.99. The van der Waals surface area contributed by atoms with Gasteiger partial charge in [0.1, 0.15) is 11.8 Å². The smallest absolute Gasteiger partial charge is 0.309 e. The summed E-state index contributed by atoms with van der Waals surface area (Å²) in [6.07, 6.45) is 0. The van der Waals surface area contributed by atoms with Crippen molar-refractivity contribution in [2.45, 2.75) is 6.92 Å². The van der Waals surface area contributed by atoms with Crippen molar-refractivity contribution < 1.29 is 9.53 Å². The fraction of sp³-hybridized carbons (Fsp3) is 0.125. The Labute approximate surface area is 69.4 Å². The molecule has 0 saturated carbocycles. The van der Waals surface area contributed by atoms with E-state index in [-0.39, 0.29) is 11.6 Å². The molecule has 4 nitrogen and oxygen atoms in total. The topological polar surface area (TPSA) is 63.0 Å². The third-order valence-electron chi connectivity index (χ3n) is 1.09. The van der Waals surface area contributed by atoms with Crippen molar-refractivity contribution in [2.75, 3.05) is 0 Å². The van der Waals surface area contributed by atoms with Crippen LogP contribution in [0.2, 0.25) is 0 Å². The molecular formula is C8H6N2O2. The van der Waals surface area contributed by atoms with Crippen LogP contribution < -0.4 is 4.74 Å². The maximum Gasteiger partial charge on any atom is 0.309 e. The van der Waals surface area contributed by atoms with E-state index in [1.165, 1.54) is 19.1 Å². The lowest BCUT2D eigenvalue weighted by Crippen LogP contribution is -2.03. The van der Waals surface area contributed by atoms with E-state index in [4.69, 9.17) is 5.26 Å². The summed E-state index contributed by atoms with van der Waals surface area (Å²) in [4.78, 5) is 14.2. The molecule has 0 aliphatic heterocycles. The Kier molecular flexibility index (Phi) is 2.38. The molecule has 1 aromatic rings. The summed E-state index contributed by atoms with van der Waals surface area (Å²) in [5.41, 5.74) is 0.230. The van der Waals surface area contributed by atoms with Gasteiger partial charge >= 0.3 is 5.97 Å². The SMILES string of the molecule is CC(=O)Oc1cccc(C#N)n1. The number of esters is 1. The Morgan fingerprint density at radius 3 is 3.00 bits per heavy atom. The zero-order valence-corrected chi connectivity index (χ0v) is 6.44. The van der Waals surface area contributed by atoms with Gasteiger partial charge in [-0.1, -0.05) is 6.07 Å². The van der Waals surface area contributed by atoms with Gasteiger partial charge in [0.2, 0.25) is 5.88 Å². The number of nitrogens with zero attached hydrogens (tertiary/aromatic N) is 2. The highest BCUT2D eigenvalue weighted by atomic mass is 16.5. The molecule has 1 heterocycles. The minimum atomic E-state index is -0.447. The van der Waals surface area contributed by atoms with Gasteiger partial charge in [-0.2, -0.15) is 5.26 Å². The molecule has 0 fully saturated rings. The van der Waals surface area contributed by atoms with Crippen LogP contribution in [-0.2, 0) is 4.79 Å². The van der Waals surface area contributed by atoms with E-state index < -0.39 is 5.97 Å². The van der Waals surface area contributed by atoms with Gasteiger partial charge in [-0.05, 0) is 6.07 Å². The molecule has 0 aromatic carbocycles. The fourth-order valence-corrected chi connectivity index (χ4v) is 0.681. The van der Waals surface area contributed by atoms with Crippen molar-refractivity contribution >= 4 is 5.97 Å². The first-order valence-corrected chi connectivity index (χ1v) is 3.28. The van der Waals surface area contributed by atoms with Gasteiger partial charge in [0.05, 0.1) is 0 Å². The maximum atomic E-state index is 10.5. The lowest BCUT2D eigenvalue weighted by atomic mass is 10.4. The predicted molar refractivity (Wildman–Crippen MR) is 40.3 cm³/mol. The molecule has 0 aliphatic rings. The third kappa shape index (κ3) is 2.06. The van der Waals surface area contributed by atoms with Gasteiger partial charge in [-0.3, -0.25) is 4.79 Å². The van der Waals surface area contributed by atoms with Crippen molar-refractivity contribution in [1.82, 2.24) is 4.98 Å². The largest absolute Gasteiger partial charge is 0.408 e. The highest BCUT2D eigenvalue weighted by Crippen LogP contribution is 2.06. The zero-order chi connectivity index (χ0) is 8.97. The van der Waals surface area contributed by atoms with E-state index in [2.05, 4.69) is 9.72 Å². The average molecular weight is 162 g/mol. The zero-order valence-electron chi connectivity index (χ0n) is 6.44. The Morgan fingerprint density at radius 1 is 1.67 bits per heavy atom. The van der Waals surface area contributed by atoms with Crippen LogP contribution in [0.1, 0.15) is 12.6 Å². The van der Waals surface area contributed by atoms with E-state index >= 15 is 0 Å². The molecule has 0 atom stereocenters. The molecule has 1 rings (SSSR count). The van der Waals surface area contributed by atoms with E-state index in [9.17, 15) is 4.79 Å². The molecule has 12 heavy (non-hydrogen) atoms. The summed E-state index contributed by atoms with van der Waals surface area (Å²) in [5, 5.41) is 8.44. The monoisotopic (exact) mass is 162 g/mol. The molecule has 60 valence electrons. The van der Waals surface area contributed by atoms with E-state index in [1.807, 2.05) is 6.07 Å². The van der Waals surface area contributed by atoms with Crippen LogP contribution in [0.5, 0.6) is 5.88 Å². The first-order valence-electron chi connectivity index (χ1n) is 3.28. The number of pyridine rings is 1. The van der Waals surface area contributed by atoms with Crippen LogP contribution in [0.3, 0.4) is 0 Å². The summed E-state index contributed by atoms with van der Waals surface area (Å²) in [6, 6.07) is 6.49. The Hall–Kier alpha value is -1.89. The number of carbonyl (C=O) groups excluding carboxylic acids is 1. The van der Waals surface area contributed by atoms with Crippen molar-refractivity contribution in [3.8, 4) is 11.9 Å². The van der Waals surface area contributed by atoms with Gasteiger partial charge in [-0.25, -0.2) is 4.98 Å². The summed E-state index contributed by atoms with van der Waals surface area (Å²) >= 11 is 0. The summed E-state index contributed by atoms with van der Waals surface area (Å²) in [7, 11) is 0. The summed E-state index contributed by atoms with van der Waals surface area (Å²) in [5.74, 6) is -0.292.